The summed E-state index contributed by atoms with van der Waals surface area (Å²) < 4.78 is 60.1. The number of alkyl halides is 4. The van der Waals surface area contributed by atoms with Gasteiger partial charge in [-0.2, -0.15) is 22.7 Å². The first-order valence-corrected chi connectivity index (χ1v) is 5.11. The van der Waals surface area contributed by atoms with Gasteiger partial charge in [0.15, 0.2) is 11.5 Å². The van der Waals surface area contributed by atoms with Crippen molar-refractivity contribution in [2.75, 3.05) is 0 Å². The molecule has 0 saturated carbocycles. The fourth-order valence-electron chi connectivity index (χ4n) is 1.37. The third-order valence-electron chi connectivity index (χ3n) is 2.19. The highest BCUT2D eigenvalue weighted by Crippen LogP contribution is 2.47. The van der Waals surface area contributed by atoms with Crippen LogP contribution in [-0.4, -0.2) is 24.4 Å². The smallest absolute Gasteiger partial charge is 0.421 e. The van der Waals surface area contributed by atoms with Crippen LogP contribution in [-0.2, 0) is 0 Å². The Morgan fingerprint density at radius 3 is 2.40 bits per heavy atom. The lowest BCUT2D eigenvalue weighted by atomic mass is 10.2. The van der Waals surface area contributed by atoms with Gasteiger partial charge in [-0.1, -0.05) is 6.07 Å². The molecule has 0 fully saturated rings. The van der Waals surface area contributed by atoms with E-state index in [9.17, 15) is 17.6 Å². The van der Waals surface area contributed by atoms with Crippen LogP contribution in [0.1, 0.15) is 5.56 Å². The highest BCUT2D eigenvalue weighted by atomic mass is 19.3. The number of nitrogens with zero attached hydrogens (tertiary/aromatic N) is 2. The van der Waals surface area contributed by atoms with Crippen LogP contribution in [0, 0.1) is 0 Å². The number of rotatable bonds is 2. The van der Waals surface area contributed by atoms with E-state index in [1.165, 1.54) is 12.1 Å². The average molecular weight is 292 g/mol. The third-order valence-corrected chi connectivity index (χ3v) is 2.19. The number of hydrogen-bond acceptors (Lipinski definition) is 4. The fourth-order valence-corrected chi connectivity index (χ4v) is 1.37. The monoisotopic (exact) mass is 292 g/mol. The molecule has 1 aliphatic rings. The Kier molecular flexibility index (Phi) is 3.16. The van der Waals surface area contributed by atoms with E-state index in [0.717, 1.165) is 12.3 Å². The molecule has 0 aromatic heterocycles. The van der Waals surface area contributed by atoms with Crippen molar-refractivity contribution in [2.24, 2.45) is 21.7 Å². The molecule has 10 heteroatoms. The second-order valence-corrected chi connectivity index (χ2v) is 3.68. The number of guanidine groups is 1. The van der Waals surface area contributed by atoms with Crippen molar-refractivity contribution in [1.82, 2.24) is 0 Å². The molecule has 0 bridgehead atoms. The third kappa shape index (κ3) is 2.44. The van der Waals surface area contributed by atoms with Crippen LogP contribution in [0.4, 0.5) is 17.6 Å². The molecule has 1 aromatic carbocycles. The Morgan fingerprint density at radius 1 is 1.10 bits per heavy atom. The number of halogens is 4. The van der Waals surface area contributed by atoms with Gasteiger partial charge in [0.05, 0.1) is 6.21 Å². The number of para-hydroxylation sites is 1. The molecular weight excluding hydrogens is 284 g/mol. The molecule has 0 saturated heterocycles. The van der Waals surface area contributed by atoms with Crippen molar-refractivity contribution < 1.29 is 27.0 Å². The van der Waals surface area contributed by atoms with E-state index in [4.69, 9.17) is 11.5 Å². The van der Waals surface area contributed by atoms with Gasteiger partial charge in [0.25, 0.3) is 0 Å². The summed E-state index contributed by atoms with van der Waals surface area (Å²) in [4.78, 5) is 0. The molecule has 6 nitrogen and oxygen atoms in total. The quantitative estimate of drug-likeness (QED) is 0.371. The van der Waals surface area contributed by atoms with Gasteiger partial charge >= 0.3 is 12.2 Å². The summed E-state index contributed by atoms with van der Waals surface area (Å²) in [5.74, 6) is -1.49. The Labute approximate surface area is 109 Å². The lowest BCUT2D eigenvalue weighted by Gasteiger charge is -2.32. The van der Waals surface area contributed by atoms with E-state index in [1.807, 2.05) is 0 Å². The van der Waals surface area contributed by atoms with Crippen LogP contribution in [0.15, 0.2) is 28.4 Å². The zero-order valence-corrected chi connectivity index (χ0v) is 9.69. The van der Waals surface area contributed by atoms with Gasteiger partial charge in [-0.3, -0.25) is 0 Å². The first kappa shape index (κ1) is 13.9. The minimum atomic E-state index is -4.81. The van der Waals surface area contributed by atoms with E-state index in [0.29, 0.717) is 0 Å². The normalized spacial score (nSPS) is 18.8. The minimum Gasteiger partial charge on any atom is -0.421 e. The Bertz CT molecular complexity index is 585. The summed E-state index contributed by atoms with van der Waals surface area (Å²) in [6.45, 7) is 0. The van der Waals surface area contributed by atoms with E-state index in [2.05, 4.69) is 19.7 Å². The largest absolute Gasteiger partial charge is 0.507 e. The molecule has 0 radical (unpaired) electrons. The first-order valence-electron chi connectivity index (χ1n) is 5.11. The van der Waals surface area contributed by atoms with Gasteiger partial charge in [-0.25, -0.2) is 0 Å². The molecule has 0 spiro atoms. The van der Waals surface area contributed by atoms with E-state index in [-0.39, 0.29) is 11.5 Å². The van der Waals surface area contributed by atoms with Gasteiger partial charge < -0.3 is 20.9 Å². The predicted octanol–water partition coefficient (Wildman–Crippen LogP) is 1.25. The van der Waals surface area contributed by atoms with Crippen LogP contribution in [0.5, 0.6) is 11.5 Å². The molecule has 0 atom stereocenters. The van der Waals surface area contributed by atoms with E-state index < -0.39 is 23.7 Å². The highest BCUT2D eigenvalue weighted by Gasteiger charge is 2.66. The standard InChI is InChI=1S/C10H8F4N4O2/c11-9(12)10(13,14)20-7-5(4-17-18-8(15)16)2-1-3-6(7)19-9/h1-4H,(H4,15,16,18). The maximum Gasteiger partial charge on any atom is 0.507 e. The average Bonchev–Trinajstić information content (AvgIpc) is 2.30. The molecule has 1 aliphatic heterocycles. The molecule has 108 valence electrons. The first-order chi connectivity index (χ1) is 9.23. The minimum absolute atomic E-state index is 0.0531. The van der Waals surface area contributed by atoms with Crippen LogP contribution in [0.2, 0.25) is 0 Å². The molecule has 0 unspecified atom stereocenters. The van der Waals surface area contributed by atoms with Crippen molar-refractivity contribution in [1.29, 1.82) is 0 Å². The number of ether oxygens (including phenoxy) is 2. The van der Waals surface area contributed by atoms with Gasteiger partial charge in [0.2, 0.25) is 5.96 Å². The predicted molar refractivity (Wildman–Crippen MR) is 61.0 cm³/mol. The van der Waals surface area contributed by atoms with Gasteiger partial charge in [-0.15, -0.1) is 5.10 Å². The number of nitrogens with two attached hydrogens (primary N) is 2. The number of benzene rings is 1. The molecular formula is C10H8F4N4O2. The van der Waals surface area contributed by atoms with Crippen LogP contribution < -0.4 is 20.9 Å². The summed E-state index contributed by atoms with van der Waals surface area (Å²) in [6, 6.07) is 3.63. The lowest BCUT2D eigenvalue weighted by Crippen LogP contribution is -2.52. The van der Waals surface area contributed by atoms with Crippen LogP contribution in [0.3, 0.4) is 0 Å². The summed E-state index contributed by atoms with van der Waals surface area (Å²) in [5, 5.41) is 6.62. The molecule has 0 aliphatic carbocycles. The SMILES string of the molecule is NC(N)=NN=Cc1cccc2c1OC(F)(F)C(F)(F)O2. The number of hydrogen-bond donors (Lipinski definition) is 2. The Balaban J connectivity index is 2.41. The van der Waals surface area contributed by atoms with Crippen molar-refractivity contribution in [3.8, 4) is 11.5 Å². The summed E-state index contributed by atoms with van der Waals surface area (Å²) in [7, 11) is 0. The summed E-state index contributed by atoms with van der Waals surface area (Å²) in [5.41, 5.74) is 9.97. The second kappa shape index (κ2) is 4.54. The van der Waals surface area contributed by atoms with E-state index >= 15 is 0 Å². The molecule has 4 N–H and O–H groups in total. The zero-order chi connectivity index (χ0) is 15.0. The van der Waals surface area contributed by atoms with Gasteiger partial charge in [0.1, 0.15) is 0 Å². The Hall–Kier alpha value is -2.52. The maximum atomic E-state index is 13.1. The maximum absolute atomic E-state index is 13.1. The van der Waals surface area contributed by atoms with Crippen LogP contribution >= 0.6 is 0 Å². The molecule has 1 aromatic rings. The van der Waals surface area contributed by atoms with Crippen molar-refractivity contribution in [3.05, 3.63) is 23.8 Å². The topological polar surface area (TPSA) is 95.2 Å². The summed E-state index contributed by atoms with van der Waals surface area (Å²) >= 11 is 0. The zero-order valence-electron chi connectivity index (χ0n) is 9.69. The highest BCUT2D eigenvalue weighted by molar-refractivity contribution is 5.86. The molecule has 1 heterocycles. The van der Waals surface area contributed by atoms with Gasteiger partial charge in [-0.05, 0) is 12.1 Å². The van der Waals surface area contributed by atoms with Crippen LogP contribution in [0.25, 0.3) is 0 Å². The van der Waals surface area contributed by atoms with Gasteiger partial charge in [0, 0.05) is 5.56 Å². The van der Waals surface area contributed by atoms with Crippen molar-refractivity contribution in [3.63, 3.8) is 0 Å². The number of fused-ring (bicyclic) bond motifs is 1. The summed E-state index contributed by atoms with van der Waals surface area (Å²) in [6.07, 6.45) is -8.61. The fraction of sp³-hybridized carbons (Fsp3) is 0.200. The Morgan fingerprint density at radius 2 is 1.75 bits per heavy atom. The van der Waals surface area contributed by atoms with E-state index in [1.54, 1.807) is 0 Å². The van der Waals surface area contributed by atoms with Crippen molar-refractivity contribution in [2.45, 2.75) is 12.2 Å². The molecule has 0 amide bonds. The van der Waals surface area contributed by atoms with Crippen molar-refractivity contribution >= 4 is 12.2 Å². The lowest BCUT2D eigenvalue weighted by molar-refractivity contribution is -0.391. The molecule has 2 rings (SSSR count). The second-order valence-electron chi connectivity index (χ2n) is 3.68. The molecule has 20 heavy (non-hydrogen) atoms.